The van der Waals surface area contributed by atoms with Gasteiger partial charge in [0.25, 0.3) is 0 Å². The van der Waals surface area contributed by atoms with Gasteiger partial charge in [-0.05, 0) is 31.9 Å². The van der Waals surface area contributed by atoms with Gasteiger partial charge in [0.1, 0.15) is 17.1 Å². The van der Waals surface area contributed by atoms with Crippen molar-refractivity contribution in [3.63, 3.8) is 0 Å². The van der Waals surface area contributed by atoms with Gasteiger partial charge in [0.2, 0.25) is 0 Å². The number of hydrogen-bond donors (Lipinski definition) is 4. The van der Waals surface area contributed by atoms with Crippen LogP contribution in [0.15, 0.2) is 28.9 Å². The number of halogens is 3. The first-order chi connectivity index (χ1) is 15.3. The normalized spacial score (nSPS) is 13.8. The monoisotopic (exact) mass is 544 g/mol. The lowest BCUT2D eigenvalue weighted by Crippen LogP contribution is -2.12. The fourth-order valence-electron chi connectivity index (χ4n) is 2.78. The minimum absolute atomic E-state index is 0.198. The van der Waals surface area contributed by atoms with Crippen LogP contribution in [0.5, 0.6) is 5.75 Å². The summed E-state index contributed by atoms with van der Waals surface area (Å²) in [5.41, 5.74) is -0.101. The fourth-order valence-corrected chi connectivity index (χ4v) is 4.41. The molecule has 0 saturated heterocycles. The van der Waals surface area contributed by atoms with E-state index in [1.807, 2.05) is 0 Å². The minimum Gasteiger partial charge on any atom is -0.480 e. The van der Waals surface area contributed by atoms with Crippen LogP contribution in [-0.4, -0.2) is 44.2 Å². The molecule has 0 amide bonds. The number of carbonyl (C=O) groups is 2. The number of ether oxygens (including phenoxy) is 1. The Kier molecular flexibility index (Phi) is 12.3. The van der Waals surface area contributed by atoms with Gasteiger partial charge in [-0.2, -0.15) is 0 Å². The van der Waals surface area contributed by atoms with Gasteiger partial charge in [-0.3, -0.25) is 4.57 Å². The van der Waals surface area contributed by atoms with Crippen LogP contribution in [0.3, 0.4) is 0 Å². The van der Waals surface area contributed by atoms with E-state index in [-0.39, 0.29) is 27.0 Å². The summed E-state index contributed by atoms with van der Waals surface area (Å²) in [6.45, 7) is 1.14. The summed E-state index contributed by atoms with van der Waals surface area (Å²) in [7, 11) is -3.74. The predicted octanol–water partition coefficient (Wildman–Crippen LogP) is 5.89. The predicted molar refractivity (Wildman–Crippen MR) is 124 cm³/mol. The van der Waals surface area contributed by atoms with E-state index in [1.165, 1.54) is 24.5 Å². The van der Waals surface area contributed by atoms with Crippen LogP contribution in [0.4, 0.5) is 0 Å². The summed E-state index contributed by atoms with van der Waals surface area (Å²) < 4.78 is 20.3. The molecular weight excluding hydrogens is 522 g/mol. The van der Waals surface area contributed by atoms with E-state index in [2.05, 4.69) is 0 Å². The molecule has 0 aliphatic heterocycles. The van der Waals surface area contributed by atoms with E-state index in [4.69, 9.17) is 64.0 Å². The number of benzene rings is 1. The number of carboxylic acid groups (broad SMARTS) is 2. The van der Waals surface area contributed by atoms with Gasteiger partial charge in [-0.15, -0.1) is 0 Å². The molecule has 1 fully saturated rings. The average Bonchev–Trinajstić information content (AvgIpc) is 3.17. The Morgan fingerprint density at radius 2 is 1.64 bits per heavy atom. The van der Waals surface area contributed by atoms with Crippen molar-refractivity contribution >= 4 is 54.3 Å². The summed E-state index contributed by atoms with van der Waals surface area (Å²) in [5.74, 6) is -1.39. The quantitative estimate of drug-likeness (QED) is 0.266. The fraction of sp³-hybridized carbons (Fsp3) is 0.400. The number of aliphatic carboxylic acids is 1. The van der Waals surface area contributed by atoms with E-state index >= 15 is 0 Å². The first-order valence-corrected chi connectivity index (χ1v) is 12.5. The Morgan fingerprint density at radius 3 is 2.03 bits per heavy atom. The second-order valence-electron chi connectivity index (χ2n) is 6.96. The van der Waals surface area contributed by atoms with Crippen molar-refractivity contribution < 1.29 is 43.3 Å². The molecule has 13 heteroatoms. The van der Waals surface area contributed by atoms with Crippen LogP contribution in [0, 0.1) is 6.92 Å². The maximum atomic E-state index is 10.7. The van der Waals surface area contributed by atoms with Crippen LogP contribution in [0.2, 0.25) is 15.1 Å². The highest BCUT2D eigenvalue weighted by molar-refractivity contribution is 7.52. The third kappa shape index (κ3) is 10.8. The summed E-state index contributed by atoms with van der Waals surface area (Å²) in [6, 6.07) is 4.19. The Labute approximate surface area is 205 Å². The van der Waals surface area contributed by atoms with Gasteiger partial charge in [-0.1, -0.05) is 54.1 Å². The molecule has 0 spiro atoms. The van der Waals surface area contributed by atoms with Crippen molar-refractivity contribution in [1.82, 2.24) is 0 Å². The lowest BCUT2D eigenvalue weighted by atomic mass is 10.0. The van der Waals surface area contributed by atoms with Crippen LogP contribution in [-0.2, 0) is 9.36 Å². The molecular formula is C20H24Cl3O9P. The number of furan rings is 1. The number of hydrogen-bond acceptors (Lipinski definition) is 5. The smallest absolute Gasteiger partial charge is 0.341 e. The topological polar surface area (TPSA) is 154 Å². The number of rotatable bonds is 5. The molecule has 1 aromatic carbocycles. The maximum Gasteiger partial charge on any atom is 0.341 e. The lowest BCUT2D eigenvalue weighted by molar-refractivity contribution is -0.139. The van der Waals surface area contributed by atoms with E-state index in [9.17, 15) is 14.2 Å². The summed E-state index contributed by atoms with van der Waals surface area (Å²) in [5, 5.41) is 17.5. The number of carboxylic acids is 2. The molecule has 2 aromatic rings. The Hall–Kier alpha value is -1.74. The van der Waals surface area contributed by atoms with Crippen molar-refractivity contribution in [2.75, 3.05) is 6.61 Å². The van der Waals surface area contributed by atoms with Gasteiger partial charge in [0.15, 0.2) is 6.61 Å². The van der Waals surface area contributed by atoms with E-state index in [1.54, 1.807) is 6.92 Å². The third-order valence-electron chi connectivity index (χ3n) is 4.47. The number of aromatic carboxylic acids is 1. The van der Waals surface area contributed by atoms with Crippen molar-refractivity contribution in [2.24, 2.45) is 0 Å². The Morgan fingerprint density at radius 1 is 1.06 bits per heavy atom. The molecule has 0 atom stereocenters. The standard InChI is InChI=1S/C8H5Cl3O3.C6H13O3P.C6H6O3/c9-4-1-6(11)7(2-5(4)10)14-3-8(12)13;7-10(8,9)6-4-2-1-3-5-6;1-4-5(6(7)8)2-3-9-4/h1-2H,3H2,(H,12,13);6H,1-5H2,(H2,7,8,9);2-3H,1H3,(H,7,8). The highest BCUT2D eigenvalue weighted by Crippen LogP contribution is 2.47. The van der Waals surface area contributed by atoms with E-state index in [0.717, 1.165) is 19.3 Å². The molecule has 0 unspecified atom stereocenters. The van der Waals surface area contributed by atoms with Crippen molar-refractivity contribution in [2.45, 2.75) is 44.7 Å². The summed E-state index contributed by atoms with van der Waals surface area (Å²) in [4.78, 5) is 37.9. The molecule has 3 rings (SSSR count). The van der Waals surface area contributed by atoms with Crippen LogP contribution >= 0.6 is 42.4 Å². The first kappa shape index (κ1) is 29.3. The highest BCUT2D eigenvalue weighted by atomic mass is 35.5. The third-order valence-corrected chi connectivity index (χ3v) is 6.95. The first-order valence-electron chi connectivity index (χ1n) is 9.64. The van der Waals surface area contributed by atoms with Gasteiger partial charge in [-0.25, -0.2) is 9.59 Å². The molecule has 4 N–H and O–H groups in total. The van der Waals surface area contributed by atoms with Gasteiger partial charge >= 0.3 is 19.5 Å². The van der Waals surface area contributed by atoms with E-state index < -0.39 is 26.1 Å². The maximum absolute atomic E-state index is 10.7. The van der Waals surface area contributed by atoms with Gasteiger partial charge in [0.05, 0.1) is 27.0 Å². The number of aryl methyl sites for hydroxylation is 1. The van der Waals surface area contributed by atoms with Crippen LogP contribution < -0.4 is 4.74 Å². The molecule has 1 aliphatic rings. The molecule has 184 valence electrons. The van der Waals surface area contributed by atoms with Crippen molar-refractivity contribution in [3.8, 4) is 5.75 Å². The summed E-state index contributed by atoms with van der Waals surface area (Å²) in [6.07, 6.45) is 5.88. The van der Waals surface area contributed by atoms with Gasteiger partial charge in [0, 0.05) is 6.07 Å². The largest absolute Gasteiger partial charge is 0.480 e. The summed E-state index contributed by atoms with van der Waals surface area (Å²) >= 11 is 17.1. The second-order valence-corrected chi connectivity index (χ2v) is 10.1. The molecule has 33 heavy (non-hydrogen) atoms. The van der Waals surface area contributed by atoms with Crippen molar-refractivity contribution in [3.05, 3.63) is 50.9 Å². The minimum atomic E-state index is -3.74. The van der Waals surface area contributed by atoms with Crippen LogP contribution in [0.1, 0.15) is 48.2 Å². The van der Waals surface area contributed by atoms with Gasteiger partial charge < -0.3 is 29.2 Å². The highest BCUT2D eigenvalue weighted by Gasteiger charge is 2.29. The molecule has 0 radical (unpaired) electrons. The molecule has 1 aromatic heterocycles. The molecule has 0 bridgehead atoms. The van der Waals surface area contributed by atoms with Crippen LogP contribution in [0.25, 0.3) is 0 Å². The zero-order chi connectivity index (χ0) is 25.2. The Balaban J connectivity index is 0.000000255. The molecule has 9 nitrogen and oxygen atoms in total. The Bertz CT molecular complexity index is 981. The lowest BCUT2D eigenvalue weighted by Gasteiger charge is -2.21. The second kappa shape index (κ2) is 13.8. The SMILES string of the molecule is Cc1occc1C(=O)O.O=C(O)COc1cc(Cl)c(Cl)cc1Cl.O=P(O)(O)C1CCCCC1. The van der Waals surface area contributed by atoms with Crippen molar-refractivity contribution in [1.29, 1.82) is 0 Å². The average molecular weight is 546 g/mol. The molecule has 1 saturated carbocycles. The molecule has 1 heterocycles. The zero-order valence-corrected chi connectivity index (χ0v) is 20.7. The molecule has 1 aliphatic carbocycles. The van der Waals surface area contributed by atoms with E-state index in [0.29, 0.717) is 23.6 Å². The zero-order valence-electron chi connectivity index (χ0n) is 17.5.